The Morgan fingerprint density at radius 3 is 2.18 bits per heavy atom. The summed E-state index contributed by atoms with van der Waals surface area (Å²) in [6, 6.07) is 3.05. The van der Waals surface area contributed by atoms with Gasteiger partial charge in [0.25, 0.3) is 0 Å². The van der Waals surface area contributed by atoms with E-state index in [1.54, 1.807) is 13.0 Å². The third-order valence-corrected chi connectivity index (χ3v) is 2.89. The lowest BCUT2D eigenvalue weighted by Crippen LogP contribution is -2.07. The number of hydrogen-bond donors (Lipinski definition) is 0. The molecular weight excluding hydrogens is 220 g/mol. The van der Waals surface area contributed by atoms with Crippen LogP contribution in [0.5, 0.6) is 0 Å². The Balaban J connectivity index is 2.71. The zero-order valence-corrected chi connectivity index (χ0v) is 9.87. The van der Waals surface area contributed by atoms with E-state index < -0.39 is 5.97 Å². The molecule has 1 aliphatic rings. The number of carbonyl (C=O) groups excluding carboxylic acids is 3. The van der Waals surface area contributed by atoms with Gasteiger partial charge in [-0.15, -0.1) is 0 Å². The second-order valence-corrected chi connectivity index (χ2v) is 4.14. The second kappa shape index (κ2) is 3.80. The van der Waals surface area contributed by atoms with Crippen molar-refractivity contribution in [2.75, 3.05) is 0 Å². The SMILES string of the molecule is CC(=O)c1cc2c(cc1C(C)=O)C(C)OC2=O. The van der Waals surface area contributed by atoms with Gasteiger partial charge >= 0.3 is 5.97 Å². The Morgan fingerprint density at radius 1 is 1.12 bits per heavy atom. The number of hydrogen-bond acceptors (Lipinski definition) is 4. The normalized spacial score (nSPS) is 17.6. The molecule has 0 aromatic heterocycles. The van der Waals surface area contributed by atoms with E-state index >= 15 is 0 Å². The Labute approximate surface area is 98.6 Å². The van der Waals surface area contributed by atoms with E-state index in [4.69, 9.17) is 4.74 Å². The van der Waals surface area contributed by atoms with Crippen LogP contribution in [0.15, 0.2) is 12.1 Å². The minimum absolute atomic E-state index is 0.190. The first kappa shape index (κ1) is 11.5. The molecule has 1 heterocycles. The fourth-order valence-corrected chi connectivity index (χ4v) is 2.00. The van der Waals surface area contributed by atoms with Crippen LogP contribution in [0, 0.1) is 0 Å². The fraction of sp³-hybridized carbons (Fsp3) is 0.308. The van der Waals surface area contributed by atoms with E-state index in [1.165, 1.54) is 19.9 Å². The molecule has 88 valence electrons. The molecule has 17 heavy (non-hydrogen) atoms. The van der Waals surface area contributed by atoms with Gasteiger partial charge in [0.2, 0.25) is 0 Å². The number of benzene rings is 1. The molecule has 0 fully saturated rings. The number of fused-ring (bicyclic) bond motifs is 1. The lowest BCUT2D eigenvalue weighted by atomic mass is 9.94. The first-order chi connectivity index (χ1) is 7.91. The zero-order valence-electron chi connectivity index (χ0n) is 9.87. The average Bonchev–Trinajstić information content (AvgIpc) is 2.52. The number of ketones is 2. The molecule has 0 spiro atoms. The molecule has 4 heteroatoms. The summed E-state index contributed by atoms with van der Waals surface area (Å²) in [5.41, 5.74) is 1.68. The number of ether oxygens (including phenoxy) is 1. The summed E-state index contributed by atoms with van der Waals surface area (Å²) < 4.78 is 5.04. The predicted octanol–water partition coefficient (Wildman–Crippen LogP) is 2.32. The van der Waals surface area contributed by atoms with E-state index in [-0.39, 0.29) is 23.2 Å². The van der Waals surface area contributed by atoms with Crippen molar-refractivity contribution < 1.29 is 19.1 Å². The van der Waals surface area contributed by atoms with E-state index in [1.807, 2.05) is 0 Å². The minimum atomic E-state index is -0.440. The molecule has 0 aliphatic carbocycles. The second-order valence-electron chi connectivity index (χ2n) is 4.14. The largest absolute Gasteiger partial charge is 0.454 e. The van der Waals surface area contributed by atoms with Crippen LogP contribution in [0.4, 0.5) is 0 Å². The summed E-state index contributed by atoms with van der Waals surface area (Å²) in [4.78, 5) is 34.4. The van der Waals surface area contributed by atoms with Crippen LogP contribution in [0.25, 0.3) is 0 Å². The van der Waals surface area contributed by atoms with Gasteiger partial charge in [-0.2, -0.15) is 0 Å². The molecule has 1 unspecified atom stereocenters. The fourth-order valence-electron chi connectivity index (χ4n) is 2.00. The molecule has 4 nitrogen and oxygen atoms in total. The summed E-state index contributed by atoms with van der Waals surface area (Å²) in [6.07, 6.45) is -0.364. The van der Waals surface area contributed by atoms with Gasteiger partial charge in [-0.3, -0.25) is 9.59 Å². The van der Waals surface area contributed by atoms with Crippen LogP contribution < -0.4 is 0 Å². The highest BCUT2D eigenvalue weighted by molar-refractivity contribution is 6.09. The maximum absolute atomic E-state index is 11.5. The summed E-state index contributed by atoms with van der Waals surface area (Å²) in [6.45, 7) is 4.51. The molecule has 0 amide bonds. The number of carbonyl (C=O) groups is 3. The van der Waals surface area contributed by atoms with Crippen molar-refractivity contribution in [1.82, 2.24) is 0 Å². The summed E-state index contributed by atoms with van der Waals surface area (Å²) in [7, 11) is 0. The molecule has 0 bridgehead atoms. The molecule has 0 N–H and O–H groups in total. The van der Waals surface area contributed by atoms with Gasteiger partial charge in [0.1, 0.15) is 6.10 Å². The van der Waals surface area contributed by atoms with Crippen molar-refractivity contribution in [3.63, 3.8) is 0 Å². The first-order valence-electron chi connectivity index (χ1n) is 5.32. The smallest absolute Gasteiger partial charge is 0.339 e. The van der Waals surface area contributed by atoms with Gasteiger partial charge in [0.15, 0.2) is 11.6 Å². The molecule has 1 aliphatic heterocycles. The Bertz CT molecular complexity index is 543. The van der Waals surface area contributed by atoms with Gasteiger partial charge in [-0.05, 0) is 32.9 Å². The standard InChI is InChI=1S/C13H12O4/c1-6(14)9-4-11-8(3)17-13(16)12(11)5-10(9)7(2)15/h4-5,8H,1-3H3. The molecular formula is C13H12O4. The maximum atomic E-state index is 11.5. The van der Waals surface area contributed by atoms with Gasteiger partial charge in [0, 0.05) is 16.7 Å². The van der Waals surface area contributed by atoms with E-state index in [9.17, 15) is 14.4 Å². The van der Waals surface area contributed by atoms with E-state index in [0.717, 1.165) is 0 Å². The highest BCUT2D eigenvalue weighted by Gasteiger charge is 2.30. The zero-order chi connectivity index (χ0) is 12.7. The summed E-state index contributed by atoms with van der Waals surface area (Å²) >= 11 is 0. The Kier molecular flexibility index (Phi) is 2.58. The van der Waals surface area contributed by atoms with Crippen molar-refractivity contribution in [3.05, 3.63) is 34.4 Å². The predicted molar refractivity (Wildman–Crippen MR) is 60.3 cm³/mol. The number of cyclic esters (lactones) is 1. The Hall–Kier alpha value is -1.97. The minimum Gasteiger partial charge on any atom is -0.454 e. The lowest BCUT2D eigenvalue weighted by molar-refractivity contribution is 0.0422. The molecule has 1 aromatic carbocycles. The topological polar surface area (TPSA) is 60.4 Å². The highest BCUT2D eigenvalue weighted by Crippen LogP contribution is 2.32. The van der Waals surface area contributed by atoms with Gasteiger partial charge in [-0.25, -0.2) is 4.79 Å². The summed E-state index contributed by atoms with van der Waals surface area (Å²) in [5, 5.41) is 0. The van der Waals surface area contributed by atoms with Crippen molar-refractivity contribution in [2.45, 2.75) is 26.9 Å². The quantitative estimate of drug-likeness (QED) is 0.580. The van der Waals surface area contributed by atoms with Crippen LogP contribution in [0.1, 0.15) is 63.5 Å². The van der Waals surface area contributed by atoms with Crippen molar-refractivity contribution in [3.8, 4) is 0 Å². The van der Waals surface area contributed by atoms with Gasteiger partial charge < -0.3 is 4.74 Å². The van der Waals surface area contributed by atoms with Crippen LogP contribution >= 0.6 is 0 Å². The number of Topliss-reactive ketones (excluding diaryl/α,β-unsaturated/α-hetero) is 2. The van der Waals surface area contributed by atoms with E-state index in [0.29, 0.717) is 16.7 Å². The molecule has 0 saturated carbocycles. The lowest BCUT2D eigenvalue weighted by Gasteiger charge is -2.07. The molecule has 0 radical (unpaired) electrons. The maximum Gasteiger partial charge on any atom is 0.339 e. The Morgan fingerprint density at radius 2 is 1.65 bits per heavy atom. The third kappa shape index (κ3) is 1.75. The first-order valence-corrected chi connectivity index (χ1v) is 5.32. The average molecular weight is 232 g/mol. The number of esters is 1. The van der Waals surface area contributed by atoms with Crippen LogP contribution in [-0.2, 0) is 4.74 Å². The van der Waals surface area contributed by atoms with E-state index in [2.05, 4.69) is 0 Å². The molecule has 0 saturated heterocycles. The van der Waals surface area contributed by atoms with Gasteiger partial charge in [0.05, 0.1) is 5.56 Å². The van der Waals surface area contributed by atoms with Crippen LogP contribution in [0.2, 0.25) is 0 Å². The molecule has 1 aromatic rings. The van der Waals surface area contributed by atoms with Crippen molar-refractivity contribution in [1.29, 1.82) is 0 Å². The molecule has 2 rings (SSSR count). The number of rotatable bonds is 2. The van der Waals surface area contributed by atoms with Crippen LogP contribution in [-0.4, -0.2) is 17.5 Å². The third-order valence-electron chi connectivity index (χ3n) is 2.89. The highest BCUT2D eigenvalue weighted by atomic mass is 16.5. The van der Waals surface area contributed by atoms with Gasteiger partial charge in [-0.1, -0.05) is 0 Å². The monoisotopic (exact) mass is 232 g/mol. The summed E-state index contributed by atoms with van der Waals surface area (Å²) in [5.74, 6) is -0.861. The molecule has 1 atom stereocenters. The van der Waals surface area contributed by atoms with Crippen molar-refractivity contribution >= 4 is 17.5 Å². The van der Waals surface area contributed by atoms with Crippen LogP contribution in [0.3, 0.4) is 0 Å². The van der Waals surface area contributed by atoms with Crippen molar-refractivity contribution in [2.24, 2.45) is 0 Å².